The molecule has 3 N–H and O–H groups in total. The van der Waals surface area contributed by atoms with Crippen molar-refractivity contribution in [3.8, 4) is 22.8 Å². The second-order valence-electron chi connectivity index (χ2n) is 4.45. The van der Waals surface area contributed by atoms with E-state index in [1.165, 1.54) is 0 Å². The van der Waals surface area contributed by atoms with E-state index in [4.69, 9.17) is 15.2 Å². The second kappa shape index (κ2) is 7.26. The number of nitrogens with zero attached hydrogens (tertiary/aromatic N) is 2. The molecule has 2 aromatic rings. The van der Waals surface area contributed by atoms with Crippen LogP contribution in [-0.4, -0.2) is 34.5 Å². The van der Waals surface area contributed by atoms with Gasteiger partial charge in [-0.3, -0.25) is 4.79 Å². The van der Waals surface area contributed by atoms with Crippen LogP contribution < -0.4 is 15.2 Å². The number of rotatable bonds is 7. The fourth-order valence-corrected chi connectivity index (χ4v) is 2.41. The molecule has 1 amide bonds. The zero-order chi connectivity index (χ0) is 16.1. The topological polar surface area (TPSA) is 103 Å². The number of amides is 1. The quantitative estimate of drug-likeness (QED) is 0.781. The molecule has 118 valence electrons. The number of nitrogens with two attached hydrogens (primary N) is 1. The van der Waals surface area contributed by atoms with Crippen LogP contribution >= 0.6 is 15.9 Å². The molecule has 1 aromatic heterocycles. The number of carbonyl (C=O) groups excluding carboxylic acids is 1. The highest BCUT2D eigenvalue weighted by atomic mass is 79.9. The minimum atomic E-state index is -0.653. The van der Waals surface area contributed by atoms with Crippen molar-refractivity contribution >= 4 is 21.8 Å². The number of aromatic nitrogens is 3. The fourth-order valence-electron chi connectivity index (χ4n) is 1.90. The van der Waals surface area contributed by atoms with Crippen molar-refractivity contribution in [1.82, 2.24) is 15.4 Å². The van der Waals surface area contributed by atoms with Crippen LogP contribution in [0.2, 0.25) is 0 Å². The normalized spacial score (nSPS) is 10.5. The lowest BCUT2D eigenvalue weighted by Gasteiger charge is -2.14. The first-order valence-electron chi connectivity index (χ1n) is 6.88. The van der Waals surface area contributed by atoms with Gasteiger partial charge in [-0.2, -0.15) is 15.4 Å². The van der Waals surface area contributed by atoms with Crippen molar-refractivity contribution in [2.75, 3.05) is 13.2 Å². The zero-order valence-electron chi connectivity index (χ0n) is 12.4. The minimum Gasteiger partial charge on any atom is -0.490 e. The monoisotopic (exact) mass is 368 g/mol. The summed E-state index contributed by atoms with van der Waals surface area (Å²) in [5.74, 6) is 0.552. The molecule has 0 aliphatic carbocycles. The molecule has 0 atom stereocenters. The lowest BCUT2D eigenvalue weighted by molar-refractivity contribution is 0.0996. The van der Waals surface area contributed by atoms with Gasteiger partial charge in [-0.15, -0.1) is 0 Å². The molecule has 1 heterocycles. The number of benzene rings is 1. The maximum Gasteiger partial charge on any atom is 0.271 e. The third-order valence-corrected chi connectivity index (χ3v) is 3.49. The Morgan fingerprint density at radius 3 is 2.64 bits per heavy atom. The van der Waals surface area contributed by atoms with Gasteiger partial charge in [0.15, 0.2) is 17.2 Å². The molecule has 0 aliphatic rings. The number of aromatic amines is 1. The Kier molecular flexibility index (Phi) is 5.37. The smallest absolute Gasteiger partial charge is 0.271 e. The number of primary amides is 1. The van der Waals surface area contributed by atoms with Crippen molar-refractivity contribution in [1.29, 1.82) is 0 Å². The fraction of sp³-hybridized carbons (Fsp3) is 0.357. The molecule has 22 heavy (non-hydrogen) atoms. The van der Waals surface area contributed by atoms with Crippen molar-refractivity contribution in [3.63, 3.8) is 0 Å². The molecule has 0 saturated heterocycles. The van der Waals surface area contributed by atoms with E-state index in [1.54, 1.807) is 12.1 Å². The number of H-pyrrole nitrogens is 1. The summed E-state index contributed by atoms with van der Waals surface area (Å²) in [5, 5.41) is 10.2. The number of ether oxygens (including phenoxy) is 2. The summed E-state index contributed by atoms with van der Waals surface area (Å²) in [6, 6.07) is 3.54. The van der Waals surface area contributed by atoms with E-state index in [1.807, 2.05) is 13.8 Å². The van der Waals surface area contributed by atoms with Crippen LogP contribution in [0.3, 0.4) is 0 Å². The molecule has 0 fully saturated rings. The van der Waals surface area contributed by atoms with E-state index >= 15 is 0 Å². The summed E-state index contributed by atoms with van der Waals surface area (Å²) in [7, 11) is 0. The highest BCUT2D eigenvalue weighted by molar-refractivity contribution is 9.10. The molecular weight excluding hydrogens is 352 g/mol. The van der Waals surface area contributed by atoms with Gasteiger partial charge in [0.25, 0.3) is 5.91 Å². The average molecular weight is 369 g/mol. The van der Waals surface area contributed by atoms with Gasteiger partial charge in [-0.25, -0.2) is 0 Å². The Balaban J connectivity index is 2.50. The molecular formula is C14H17BrN4O3. The molecule has 2 rings (SSSR count). The molecule has 7 nitrogen and oxygen atoms in total. The van der Waals surface area contributed by atoms with Gasteiger partial charge in [0.1, 0.15) is 5.69 Å². The van der Waals surface area contributed by atoms with E-state index in [2.05, 4.69) is 31.3 Å². The number of hydrogen-bond donors (Lipinski definition) is 2. The van der Waals surface area contributed by atoms with Crippen LogP contribution in [0, 0.1) is 0 Å². The van der Waals surface area contributed by atoms with Crippen LogP contribution in [0.5, 0.6) is 11.5 Å². The standard InChI is InChI=1S/C14H17BrN4O3/c1-3-5-22-11-7-9(15)8(6-10(11)21-4-2)12-13(14(16)20)18-19-17-12/h6-7H,3-5H2,1-2H3,(H2,16,20)(H,17,18,19). The molecule has 1 aromatic carbocycles. The number of nitrogens with one attached hydrogen (secondary N) is 1. The summed E-state index contributed by atoms with van der Waals surface area (Å²) in [5.41, 5.74) is 6.39. The minimum absolute atomic E-state index is 0.0744. The van der Waals surface area contributed by atoms with Crippen LogP contribution in [0.4, 0.5) is 0 Å². The van der Waals surface area contributed by atoms with Gasteiger partial charge in [0, 0.05) is 10.0 Å². The highest BCUT2D eigenvalue weighted by Crippen LogP contribution is 2.38. The van der Waals surface area contributed by atoms with Crippen LogP contribution in [0.15, 0.2) is 16.6 Å². The molecule has 0 unspecified atom stereocenters. The molecule has 0 saturated carbocycles. The maximum atomic E-state index is 11.4. The van der Waals surface area contributed by atoms with Gasteiger partial charge < -0.3 is 15.2 Å². The van der Waals surface area contributed by atoms with Gasteiger partial charge >= 0.3 is 0 Å². The van der Waals surface area contributed by atoms with E-state index in [0.29, 0.717) is 40.4 Å². The molecule has 8 heteroatoms. The molecule has 0 aliphatic heterocycles. The van der Waals surface area contributed by atoms with Gasteiger partial charge in [0.05, 0.1) is 13.2 Å². The van der Waals surface area contributed by atoms with Crippen LogP contribution in [-0.2, 0) is 0 Å². The van der Waals surface area contributed by atoms with E-state index in [-0.39, 0.29) is 5.69 Å². The van der Waals surface area contributed by atoms with Crippen molar-refractivity contribution < 1.29 is 14.3 Å². The highest BCUT2D eigenvalue weighted by Gasteiger charge is 2.20. The predicted molar refractivity (Wildman–Crippen MR) is 85.0 cm³/mol. The van der Waals surface area contributed by atoms with Crippen molar-refractivity contribution in [2.24, 2.45) is 5.73 Å². The van der Waals surface area contributed by atoms with Gasteiger partial charge in [-0.05, 0) is 41.4 Å². The zero-order valence-corrected chi connectivity index (χ0v) is 13.9. The molecule has 0 spiro atoms. The Bertz CT molecular complexity index is 672. The lowest BCUT2D eigenvalue weighted by Crippen LogP contribution is -2.13. The van der Waals surface area contributed by atoms with Crippen LogP contribution in [0.25, 0.3) is 11.3 Å². The summed E-state index contributed by atoms with van der Waals surface area (Å²) in [6.07, 6.45) is 0.889. The van der Waals surface area contributed by atoms with Gasteiger partial charge in [0.2, 0.25) is 0 Å². The third-order valence-electron chi connectivity index (χ3n) is 2.83. The summed E-state index contributed by atoms with van der Waals surface area (Å²) >= 11 is 3.46. The first-order chi connectivity index (χ1) is 10.6. The van der Waals surface area contributed by atoms with Crippen molar-refractivity contribution in [3.05, 3.63) is 22.3 Å². The number of hydrogen-bond acceptors (Lipinski definition) is 5. The lowest BCUT2D eigenvalue weighted by atomic mass is 10.1. The summed E-state index contributed by atoms with van der Waals surface area (Å²) < 4.78 is 12.0. The molecule has 0 bridgehead atoms. The summed E-state index contributed by atoms with van der Waals surface area (Å²) in [6.45, 7) is 4.99. The number of carbonyl (C=O) groups is 1. The third kappa shape index (κ3) is 3.38. The summed E-state index contributed by atoms with van der Waals surface area (Å²) in [4.78, 5) is 11.4. The number of halogens is 1. The molecule has 0 radical (unpaired) electrons. The van der Waals surface area contributed by atoms with E-state index in [0.717, 1.165) is 6.42 Å². The Labute approximate surface area is 136 Å². The SMILES string of the molecule is CCCOc1cc(Br)c(-c2n[nH]nc2C(N)=O)cc1OCC. The van der Waals surface area contributed by atoms with Crippen LogP contribution in [0.1, 0.15) is 30.8 Å². The Morgan fingerprint density at radius 2 is 2.00 bits per heavy atom. The second-order valence-corrected chi connectivity index (χ2v) is 5.30. The Hall–Kier alpha value is -2.09. The average Bonchev–Trinajstić information content (AvgIpc) is 2.96. The largest absolute Gasteiger partial charge is 0.490 e. The predicted octanol–water partition coefficient (Wildman–Crippen LogP) is 2.52. The first kappa shape index (κ1) is 16.3. The van der Waals surface area contributed by atoms with Crippen molar-refractivity contribution in [2.45, 2.75) is 20.3 Å². The van der Waals surface area contributed by atoms with E-state index in [9.17, 15) is 4.79 Å². The first-order valence-corrected chi connectivity index (χ1v) is 7.67. The van der Waals surface area contributed by atoms with Gasteiger partial charge in [-0.1, -0.05) is 6.92 Å². The Morgan fingerprint density at radius 1 is 1.27 bits per heavy atom. The van der Waals surface area contributed by atoms with E-state index < -0.39 is 5.91 Å². The maximum absolute atomic E-state index is 11.4.